The maximum Gasteiger partial charge on any atom is 0.252 e. The molecule has 4 heterocycles. The molecule has 0 unspecified atom stereocenters. The molecule has 1 aliphatic heterocycles. The van der Waals surface area contributed by atoms with Crippen LogP contribution in [-0.2, 0) is 6.54 Å². The third-order valence-corrected chi connectivity index (χ3v) is 4.65. The molecule has 24 heavy (non-hydrogen) atoms. The van der Waals surface area contributed by atoms with E-state index in [0.29, 0.717) is 17.1 Å². The van der Waals surface area contributed by atoms with Crippen LogP contribution in [0, 0.1) is 0 Å². The number of rotatable bonds is 3. The van der Waals surface area contributed by atoms with Gasteiger partial charge in [-0.2, -0.15) is 0 Å². The standard InChI is InChI=1S/C18H17ClN4O/c19-14-8-13(18(24)22-9-14)11-23-6-3-12(4-7-23)16-10-21-17-15(16)2-1-5-20-17/h1-3,5,8-10H,4,6-7,11H2,(H,20,21)(H,22,24). The quantitative estimate of drug-likeness (QED) is 0.769. The first-order valence-corrected chi connectivity index (χ1v) is 8.29. The number of halogens is 1. The van der Waals surface area contributed by atoms with Gasteiger partial charge < -0.3 is 9.97 Å². The predicted molar refractivity (Wildman–Crippen MR) is 96.0 cm³/mol. The second-order valence-corrected chi connectivity index (χ2v) is 6.43. The largest absolute Gasteiger partial charge is 0.346 e. The molecule has 4 rings (SSSR count). The number of H-pyrrole nitrogens is 2. The maximum atomic E-state index is 11.9. The molecule has 0 saturated carbocycles. The highest BCUT2D eigenvalue weighted by Crippen LogP contribution is 2.28. The summed E-state index contributed by atoms with van der Waals surface area (Å²) in [6, 6.07) is 5.79. The number of aromatic nitrogens is 3. The zero-order valence-electron chi connectivity index (χ0n) is 13.1. The van der Waals surface area contributed by atoms with Gasteiger partial charge in [0.05, 0.1) is 5.02 Å². The molecule has 2 N–H and O–H groups in total. The van der Waals surface area contributed by atoms with Crippen molar-refractivity contribution in [1.82, 2.24) is 19.9 Å². The average Bonchev–Trinajstić information content (AvgIpc) is 3.03. The number of nitrogens with zero attached hydrogens (tertiary/aromatic N) is 2. The minimum absolute atomic E-state index is 0.0723. The first-order chi connectivity index (χ1) is 11.7. The fraction of sp³-hybridized carbons (Fsp3) is 0.222. The summed E-state index contributed by atoms with van der Waals surface area (Å²) in [5.74, 6) is 0. The molecule has 3 aromatic rings. The zero-order chi connectivity index (χ0) is 16.5. The van der Waals surface area contributed by atoms with Gasteiger partial charge in [-0.1, -0.05) is 17.7 Å². The van der Waals surface area contributed by atoms with Gasteiger partial charge in [-0.05, 0) is 30.2 Å². The Kier molecular flexibility index (Phi) is 3.96. The highest BCUT2D eigenvalue weighted by Gasteiger charge is 2.17. The molecule has 1 aliphatic rings. The number of hydrogen-bond donors (Lipinski definition) is 2. The summed E-state index contributed by atoms with van der Waals surface area (Å²) in [5, 5.41) is 1.72. The molecule has 0 fully saturated rings. The Bertz CT molecular complexity index is 972. The van der Waals surface area contributed by atoms with Crippen molar-refractivity contribution in [3.05, 3.63) is 69.4 Å². The summed E-state index contributed by atoms with van der Waals surface area (Å²) in [7, 11) is 0. The van der Waals surface area contributed by atoms with Crippen LogP contribution in [0.3, 0.4) is 0 Å². The molecule has 122 valence electrons. The third-order valence-electron chi connectivity index (χ3n) is 4.43. The van der Waals surface area contributed by atoms with Gasteiger partial charge in [0.1, 0.15) is 5.65 Å². The Morgan fingerprint density at radius 3 is 3.04 bits per heavy atom. The van der Waals surface area contributed by atoms with Crippen molar-refractivity contribution < 1.29 is 0 Å². The Labute approximate surface area is 144 Å². The van der Waals surface area contributed by atoms with Crippen molar-refractivity contribution in [1.29, 1.82) is 0 Å². The van der Waals surface area contributed by atoms with Crippen LogP contribution in [0.15, 0.2) is 47.7 Å². The maximum absolute atomic E-state index is 11.9. The van der Waals surface area contributed by atoms with Crippen LogP contribution in [-0.4, -0.2) is 32.9 Å². The SMILES string of the molecule is O=c1[nH]cc(Cl)cc1CN1CC=C(c2c[nH]c3ncccc23)CC1. The first kappa shape index (κ1) is 15.2. The molecule has 0 saturated heterocycles. The molecular formula is C18H17ClN4O. The molecule has 0 aromatic carbocycles. The molecular weight excluding hydrogens is 324 g/mol. The van der Waals surface area contributed by atoms with Gasteiger partial charge in [0.2, 0.25) is 0 Å². The Balaban J connectivity index is 1.53. The number of pyridine rings is 2. The topological polar surface area (TPSA) is 64.8 Å². The van der Waals surface area contributed by atoms with Gasteiger partial charge in [0.15, 0.2) is 0 Å². The van der Waals surface area contributed by atoms with Gasteiger partial charge >= 0.3 is 0 Å². The summed E-state index contributed by atoms with van der Waals surface area (Å²) in [6.07, 6.45) is 8.52. The smallest absolute Gasteiger partial charge is 0.252 e. The Hall–Kier alpha value is -2.37. The van der Waals surface area contributed by atoms with Crippen LogP contribution in [0.25, 0.3) is 16.6 Å². The lowest BCUT2D eigenvalue weighted by Gasteiger charge is -2.26. The van der Waals surface area contributed by atoms with Crippen molar-refractivity contribution in [2.24, 2.45) is 0 Å². The van der Waals surface area contributed by atoms with Crippen molar-refractivity contribution >= 4 is 28.2 Å². The summed E-state index contributed by atoms with van der Waals surface area (Å²) < 4.78 is 0. The van der Waals surface area contributed by atoms with Gasteiger partial charge in [0, 0.05) is 54.7 Å². The van der Waals surface area contributed by atoms with E-state index in [1.807, 2.05) is 12.3 Å². The van der Waals surface area contributed by atoms with E-state index in [9.17, 15) is 4.79 Å². The number of nitrogens with one attached hydrogen (secondary N) is 2. The summed E-state index contributed by atoms with van der Waals surface area (Å²) >= 11 is 5.97. The van der Waals surface area contributed by atoms with E-state index in [1.54, 1.807) is 12.3 Å². The van der Waals surface area contributed by atoms with Crippen LogP contribution in [0.4, 0.5) is 0 Å². The second-order valence-electron chi connectivity index (χ2n) is 5.99. The van der Waals surface area contributed by atoms with E-state index in [2.05, 4.69) is 32.0 Å². The van der Waals surface area contributed by atoms with Gasteiger partial charge in [-0.15, -0.1) is 0 Å². The van der Waals surface area contributed by atoms with E-state index in [1.165, 1.54) is 17.3 Å². The third kappa shape index (κ3) is 2.88. The molecule has 5 nitrogen and oxygen atoms in total. The summed E-state index contributed by atoms with van der Waals surface area (Å²) in [5.41, 5.74) is 4.10. The summed E-state index contributed by atoms with van der Waals surface area (Å²) in [6.45, 7) is 2.33. The van der Waals surface area contributed by atoms with Gasteiger partial charge in [-0.25, -0.2) is 4.98 Å². The molecule has 6 heteroatoms. The molecule has 0 radical (unpaired) electrons. The number of fused-ring (bicyclic) bond motifs is 1. The number of aromatic amines is 2. The minimum atomic E-state index is -0.0723. The van der Waals surface area contributed by atoms with Crippen LogP contribution >= 0.6 is 11.6 Å². The van der Waals surface area contributed by atoms with Gasteiger partial charge in [-0.3, -0.25) is 9.69 Å². The fourth-order valence-corrected chi connectivity index (χ4v) is 3.37. The lowest BCUT2D eigenvalue weighted by molar-refractivity contribution is 0.292. The van der Waals surface area contributed by atoms with Crippen LogP contribution < -0.4 is 5.56 Å². The molecule has 0 atom stereocenters. The molecule has 0 bridgehead atoms. The van der Waals surface area contributed by atoms with Crippen molar-refractivity contribution in [3.8, 4) is 0 Å². The van der Waals surface area contributed by atoms with E-state index in [-0.39, 0.29) is 5.56 Å². The Morgan fingerprint density at radius 1 is 1.29 bits per heavy atom. The first-order valence-electron chi connectivity index (χ1n) is 7.92. The van der Waals surface area contributed by atoms with Crippen molar-refractivity contribution in [2.45, 2.75) is 13.0 Å². The van der Waals surface area contributed by atoms with Gasteiger partial charge in [0.25, 0.3) is 5.56 Å². The molecule has 3 aromatic heterocycles. The summed E-state index contributed by atoms with van der Waals surface area (Å²) in [4.78, 5) is 24.4. The monoisotopic (exact) mass is 340 g/mol. The van der Waals surface area contributed by atoms with E-state index in [4.69, 9.17) is 11.6 Å². The molecule has 0 aliphatic carbocycles. The van der Waals surface area contributed by atoms with Crippen LogP contribution in [0.2, 0.25) is 5.02 Å². The molecule has 0 spiro atoms. The van der Waals surface area contributed by atoms with E-state index in [0.717, 1.165) is 30.5 Å². The van der Waals surface area contributed by atoms with E-state index >= 15 is 0 Å². The predicted octanol–water partition coefficient (Wildman–Crippen LogP) is 3.19. The highest BCUT2D eigenvalue weighted by atomic mass is 35.5. The van der Waals surface area contributed by atoms with Crippen molar-refractivity contribution in [2.75, 3.05) is 13.1 Å². The van der Waals surface area contributed by atoms with Crippen molar-refractivity contribution in [3.63, 3.8) is 0 Å². The average molecular weight is 341 g/mol. The zero-order valence-corrected chi connectivity index (χ0v) is 13.8. The van der Waals surface area contributed by atoms with Crippen LogP contribution in [0.5, 0.6) is 0 Å². The highest BCUT2D eigenvalue weighted by molar-refractivity contribution is 6.30. The van der Waals surface area contributed by atoms with Crippen LogP contribution in [0.1, 0.15) is 17.5 Å². The Morgan fingerprint density at radius 2 is 2.21 bits per heavy atom. The molecule has 0 amide bonds. The fourth-order valence-electron chi connectivity index (χ4n) is 3.18. The van der Waals surface area contributed by atoms with E-state index < -0.39 is 0 Å². The number of hydrogen-bond acceptors (Lipinski definition) is 3. The normalized spacial score (nSPS) is 15.6. The lowest BCUT2D eigenvalue weighted by atomic mass is 9.99. The minimum Gasteiger partial charge on any atom is -0.346 e. The lowest BCUT2D eigenvalue weighted by Crippen LogP contribution is -2.30. The second kappa shape index (κ2) is 6.26.